The molecule has 0 aromatic heterocycles. The smallest absolute Gasteiger partial charge is 0.253 e. The second-order valence-electron chi connectivity index (χ2n) is 5.08. The zero-order chi connectivity index (χ0) is 15.5. The number of nitrogens with zero attached hydrogens (tertiary/aromatic N) is 1. The Kier molecular flexibility index (Phi) is 5.59. The topological polar surface area (TPSA) is 61.8 Å². The molecule has 2 rings (SSSR count). The van der Waals surface area contributed by atoms with Crippen LogP contribution in [0.25, 0.3) is 0 Å². The average molecular weight is 404 g/mol. The van der Waals surface area contributed by atoms with E-state index in [0.29, 0.717) is 5.56 Å². The number of hydrogen-bond donors (Lipinski definition) is 2. The fourth-order valence-electron chi connectivity index (χ4n) is 2.78. The number of amides is 1. The minimum absolute atomic E-state index is 0.0184. The van der Waals surface area contributed by atoms with Crippen LogP contribution >= 0.6 is 22.6 Å². The van der Waals surface area contributed by atoms with Gasteiger partial charge in [0.25, 0.3) is 5.91 Å². The van der Waals surface area contributed by atoms with E-state index in [-0.39, 0.29) is 12.1 Å². The number of nitrogens with one attached hydrogen (secondary N) is 1. The van der Waals surface area contributed by atoms with Gasteiger partial charge < -0.3 is 15.2 Å². The lowest BCUT2D eigenvalue weighted by molar-refractivity contribution is -0.0517. The fourth-order valence-corrected chi connectivity index (χ4v) is 3.90. The second kappa shape index (κ2) is 7.04. The first-order valence-corrected chi connectivity index (χ1v) is 8.13. The third-order valence-corrected chi connectivity index (χ3v) is 5.65. The maximum Gasteiger partial charge on any atom is 0.253 e. The molecule has 1 fully saturated rings. The molecule has 1 aliphatic rings. The Hall–Kier alpha value is -0.700. The summed E-state index contributed by atoms with van der Waals surface area (Å²) in [5.41, 5.74) is 0.542. The zero-order valence-corrected chi connectivity index (χ0v) is 14.4. The minimum atomic E-state index is -0.953. The molecule has 1 heterocycles. The number of hydrogen-bond acceptors (Lipinski definition) is 4. The summed E-state index contributed by atoms with van der Waals surface area (Å²) in [5.74, 6) is -0.268. The standard InChI is InChI=1S/C15H21IN2O3/c1-3-18-12(21-2)9-10-15(18,16)14(20)17-13(19)11-7-5-4-6-8-11/h4-8,12,14,20H,3,9-10H2,1-2H3,(H,17,19)/t12-,14-,15+/m0/s1. The van der Waals surface area contributed by atoms with Gasteiger partial charge in [0, 0.05) is 12.7 Å². The molecular formula is C15H21IN2O3. The van der Waals surface area contributed by atoms with Gasteiger partial charge in [0.1, 0.15) is 9.77 Å². The quantitative estimate of drug-likeness (QED) is 0.341. The maximum absolute atomic E-state index is 12.2. The Morgan fingerprint density at radius 2 is 2.24 bits per heavy atom. The molecule has 0 saturated carbocycles. The molecule has 0 aliphatic carbocycles. The summed E-state index contributed by atoms with van der Waals surface area (Å²) in [4.78, 5) is 14.3. The highest BCUT2D eigenvalue weighted by atomic mass is 127. The van der Waals surface area contributed by atoms with Crippen molar-refractivity contribution in [3.63, 3.8) is 0 Å². The highest BCUT2D eigenvalue weighted by Gasteiger charge is 2.49. The van der Waals surface area contributed by atoms with E-state index in [1.54, 1.807) is 31.4 Å². The van der Waals surface area contributed by atoms with Crippen LogP contribution in [0.15, 0.2) is 30.3 Å². The lowest BCUT2D eigenvalue weighted by Gasteiger charge is -2.38. The lowest BCUT2D eigenvalue weighted by atomic mass is 10.1. The number of aliphatic hydroxyl groups is 1. The van der Waals surface area contributed by atoms with Crippen molar-refractivity contribution >= 4 is 28.5 Å². The van der Waals surface area contributed by atoms with Gasteiger partial charge in [-0.05, 0) is 31.5 Å². The van der Waals surface area contributed by atoms with Gasteiger partial charge in [0.05, 0.1) is 0 Å². The molecule has 1 amide bonds. The van der Waals surface area contributed by atoms with Crippen molar-refractivity contribution < 1.29 is 14.6 Å². The van der Waals surface area contributed by atoms with E-state index in [9.17, 15) is 9.90 Å². The van der Waals surface area contributed by atoms with Crippen molar-refractivity contribution in [2.24, 2.45) is 0 Å². The van der Waals surface area contributed by atoms with Crippen LogP contribution in [0.2, 0.25) is 0 Å². The van der Waals surface area contributed by atoms with E-state index in [0.717, 1.165) is 19.4 Å². The van der Waals surface area contributed by atoms with E-state index < -0.39 is 9.77 Å². The van der Waals surface area contributed by atoms with Crippen LogP contribution in [0.3, 0.4) is 0 Å². The van der Waals surface area contributed by atoms with Gasteiger partial charge in [0.2, 0.25) is 0 Å². The van der Waals surface area contributed by atoms with E-state index in [1.807, 2.05) is 13.0 Å². The first-order chi connectivity index (χ1) is 10.0. The monoisotopic (exact) mass is 404 g/mol. The SMILES string of the molecule is CCN1[C@@H](OC)CC[C@]1(I)[C@H](O)NC(=O)c1ccccc1. The van der Waals surface area contributed by atoms with E-state index in [1.165, 1.54) is 0 Å². The number of carbonyl (C=O) groups is 1. The molecule has 0 spiro atoms. The summed E-state index contributed by atoms with van der Waals surface area (Å²) in [7, 11) is 1.67. The fraction of sp³-hybridized carbons (Fsp3) is 0.533. The average Bonchev–Trinajstić information content (AvgIpc) is 2.85. The van der Waals surface area contributed by atoms with Gasteiger partial charge in [-0.25, -0.2) is 0 Å². The first kappa shape index (κ1) is 16.7. The third-order valence-electron chi connectivity index (χ3n) is 3.90. The number of carbonyl (C=O) groups excluding carboxylic acids is 1. The number of alkyl halides is 1. The van der Waals surface area contributed by atoms with Crippen LogP contribution in [0.5, 0.6) is 0 Å². The summed E-state index contributed by atoms with van der Waals surface area (Å²) in [6.07, 6.45) is 0.628. The van der Waals surface area contributed by atoms with Crippen LogP contribution in [0.1, 0.15) is 30.1 Å². The normalized spacial score (nSPS) is 27.5. The molecule has 0 radical (unpaired) electrons. The number of aliphatic hydroxyl groups excluding tert-OH is 1. The van der Waals surface area contributed by atoms with Gasteiger partial charge in [-0.3, -0.25) is 9.69 Å². The first-order valence-electron chi connectivity index (χ1n) is 7.05. The zero-order valence-electron chi connectivity index (χ0n) is 12.3. The van der Waals surface area contributed by atoms with E-state index in [2.05, 4.69) is 32.8 Å². The summed E-state index contributed by atoms with van der Waals surface area (Å²) < 4.78 is 4.90. The minimum Gasteiger partial charge on any atom is -0.371 e. The molecule has 2 N–H and O–H groups in total. The van der Waals surface area contributed by atoms with E-state index >= 15 is 0 Å². The van der Waals surface area contributed by atoms with Crippen molar-refractivity contribution in [2.75, 3.05) is 13.7 Å². The van der Waals surface area contributed by atoms with Crippen molar-refractivity contribution in [3.8, 4) is 0 Å². The molecule has 0 unspecified atom stereocenters. The van der Waals surface area contributed by atoms with Crippen LogP contribution in [0.4, 0.5) is 0 Å². The molecule has 1 aromatic carbocycles. The highest BCUT2D eigenvalue weighted by Crippen LogP contribution is 2.41. The summed E-state index contributed by atoms with van der Waals surface area (Å²) >= 11 is 2.23. The number of ether oxygens (including phenoxy) is 1. The Labute approximate surface area is 138 Å². The Balaban J connectivity index is 2.09. The maximum atomic E-state index is 12.2. The summed E-state index contributed by atoms with van der Waals surface area (Å²) in [5, 5.41) is 13.2. The van der Waals surface area contributed by atoms with Crippen LogP contribution in [-0.4, -0.2) is 45.6 Å². The number of likely N-dealkylation sites (N-methyl/N-ethyl adjacent to an activating group) is 1. The van der Waals surface area contributed by atoms with Gasteiger partial charge in [-0.1, -0.05) is 47.7 Å². The molecule has 1 aliphatic heterocycles. The molecule has 21 heavy (non-hydrogen) atoms. The molecule has 3 atom stereocenters. The van der Waals surface area contributed by atoms with Crippen molar-refractivity contribution in [2.45, 2.75) is 35.8 Å². The highest BCUT2D eigenvalue weighted by molar-refractivity contribution is 14.1. The summed E-state index contributed by atoms with van der Waals surface area (Å²) in [6.45, 7) is 2.77. The Morgan fingerprint density at radius 3 is 2.81 bits per heavy atom. The van der Waals surface area contributed by atoms with Crippen molar-refractivity contribution in [1.29, 1.82) is 0 Å². The van der Waals surface area contributed by atoms with Crippen LogP contribution < -0.4 is 5.32 Å². The number of halogens is 1. The molecule has 1 saturated heterocycles. The molecule has 5 nitrogen and oxygen atoms in total. The van der Waals surface area contributed by atoms with Gasteiger partial charge >= 0.3 is 0 Å². The molecule has 1 aromatic rings. The van der Waals surface area contributed by atoms with Gasteiger partial charge in [-0.2, -0.15) is 0 Å². The molecule has 116 valence electrons. The van der Waals surface area contributed by atoms with Crippen molar-refractivity contribution in [3.05, 3.63) is 35.9 Å². The van der Waals surface area contributed by atoms with Crippen LogP contribution in [0, 0.1) is 0 Å². The third kappa shape index (κ3) is 3.39. The molecular weight excluding hydrogens is 383 g/mol. The second-order valence-corrected chi connectivity index (χ2v) is 6.94. The predicted molar refractivity (Wildman–Crippen MR) is 89.1 cm³/mol. The lowest BCUT2D eigenvalue weighted by Crippen LogP contribution is -2.57. The number of methoxy groups -OCH3 is 1. The number of benzene rings is 1. The van der Waals surface area contributed by atoms with Crippen LogP contribution in [-0.2, 0) is 4.74 Å². The van der Waals surface area contributed by atoms with Crippen molar-refractivity contribution in [1.82, 2.24) is 10.2 Å². The van der Waals surface area contributed by atoms with Gasteiger partial charge in [0.15, 0.2) is 6.23 Å². The summed E-state index contributed by atoms with van der Waals surface area (Å²) in [6, 6.07) is 8.91. The Bertz CT molecular complexity index is 485. The van der Waals surface area contributed by atoms with Gasteiger partial charge in [-0.15, -0.1) is 0 Å². The predicted octanol–water partition coefficient (Wildman–Crippen LogP) is 1.95. The number of rotatable bonds is 5. The Morgan fingerprint density at radius 1 is 1.57 bits per heavy atom. The van der Waals surface area contributed by atoms with E-state index in [4.69, 9.17) is 4.74 Å². The molecule has 0 bridgehead atoms. The largest absolute Gasteiger partial charge is 0.371 e. The molecule has 6 heteroatoms. The number of likely N-dealkylation sites (tertiary alicyclic amines) is 1.